The van der Waals surface area contributed by atoms with Gasteiger partial charge in [-0.25, -0.2) is 13.1 Å². The van der Waals surface area contributed by atoms with Crippen LogP contribution in [0.15, 0.2) is 0 Å². The van der Waals surface area contributed by atoms with Crippen molar-refractivity contribution < 1.29 is 13.2 Å². The maximum atomic E-state index is 11.7. The van der Waals surface area contributed by atoms with Crippen LogP contribution in [0.2, 0.25) is 0 Å². The van der Waals surface area contributed by atoms with Crippen LogP contribution >= 0.6 is 0 Å². The van der Waals surface area contributed by atoms with Crippen LogP contribution in [0, 0.1) is 0 Å². The van der Waals surface area contributed by atoms with Crippen LogP contribution < -0.4 is 10.0 Å². The van der Waals surface area contributed by atoms with E-state index in [4.69, 9.17) is 4.74 Å². The molecule has 0 atom stereocenters. The predicted molar refractivity (Wildman–Crippen MR) is 76.8 cm³/mol. The Morgan fingerprint density at radius 3 is 2.58 bits per heavy atom. The third-order valence-corrected chi connectivity index (χ3v) is 4.59. The van der Waals surface area contributed by atoms with Crippen molar-refractivity contribution in [3.8, 4) is 0 Å². The largest absolute Gasteiger partial charge is 0.379 e. The highest BCUT2D eigenvalue weighted by molar-refractivity contribution is 7.89. The standard InChI is InChI=1S/C12H27N3O3S/c1-2-13-5-3-4-12-19(16,17)14-6-7-15-8-10-18-11-9-15/h13-14H,2-12H2,1H3. The molecule has 1 rings (SSSR count). The normalized spacial score (nSPS) is 17.7. The summed E-state index contributed by atoms with van der Waals surface area (Å²) in [6.07, 6.45) is 1.61. The molecule has 0 spiro atoms. The van der Waals surface area contributed by atoms with Crippen molar-refractivity contribution in [1.29, 1.82) is 0 Å². The van der Waals surface area contributed by atoms with Gasteiger partial charge in [-0.1, -0.05) is 6.92 Å². The monoisotopic (exact) mass is 293 g/mol. The molecular weight excluding hydrogens is 266 g/mol. The maximum Gasteiger partial charge on any atom is 0.211 e. The minimum Gasteiger partial charge on any atom is -0.379 e. The highest BCUT2D eigenvalue weighted by atomic mass is 32.2. The second-order valence-electron chi connectivity index (χ2n) is 4.73. The second-order valence-corrected chi connectivity index (χ2v) is 6.65. The Bertz CT molecular complexity index is 316. The first-order chi connectivity index (χ1) is 9.14. The van der Waals surface area contributed by atoms with E-state index < -0.39 is 10.0 Å². The molecule has 0 aliphatic carbocycles. The third kappa shape index (κ3) is 8.54. The number of nitrogens with zero attached hydrogens (tertiary/aromatic N) is 1. The molecule has 0 aromatic rings. The lowest BCUT2D eigenvalue weighted by Gasteiger charge is -2.26. The summed E-state index contributed by atoms with van der Waals surface area (Å²) in [6.45, 7) is 8.41. The summed E-state index contributed by atoms with van der Waals surface area (Å²) in [5, 5.41) is 3.19. The molecule has 0 saturated carbocycles. The Morgan fingerprint density at radius 1 is 1.16 bits per heavy atom. The van der Waals surface area contributed by atoms with E-state index in [1.807, 2.05) is 6.92 Å². The van der Waals surface area contributed by atoms with Gasteiger partial charge in [0.15, 0.2) is 0 Å². The molecule has 1 fully saturated rings. The second kappa shape index (κ2) is 9.66. The maximum absolute atomic E-state index is 11.7. The Hall–Kier alpha value is -0.210. The van der Waals surface area contributed by atoms with Gasteiger partial charge in [0.1, 0.15) is 0 Å². The zero-order valence-corrected chi connectivity index (χ0v) is 12.7. The number of sulfonamides is 1. The van der Waals surface area contributed by atoms with Crippen molar-refractivity contribution in [2.24, 2.45) is 0 Å². The summed E-state index contributed by atoms with van der Waals surface area (Å²) < 4.78 is 31.4. The first-order valence-corrected chi connectivity index (χ1v) is 8.77. The summed E-state index contributed by atoms with van der Waals surface area (Å²) in [5.74, 6) is 0.224. The first-order valence-electron chi connectivity index (χ1n) is 7.12. The topological polar surface area (TPSA) is 70.7 Å². The molecule has 1 saturated heterocycles. The molecule has 1 aliphatic heterocycles. The van der Waals surface area contributed by atoms with E-state index in [0.717, 1.165) is 52.4 Å². The Kier molecular flexibility index (Phi) is 8.56. The summed E-state index contributed by atoms with van der Waals surface area (Å²) in [6, 6.07) is 0. The van der Waals surface area contributed by atoms with Crippen LogP contribution in [-0.2, 0) is 14.8 Å². The van der Waals surface area contributed by atoms with Gasteiger partial charge >= 0.3 is 0 Å². The molecule has 19 heavy (non-hydrogen) atoms. The van der Waals surface area contributed by atoms with E-state index in [1.165, 1.54) is 0 Å². The zero-order valence-electron chi connectivity index (χ0n) is 11.9. The van der Waals surface area contributed by atoms with Crippen molar-refractivity contribution in [3.63, 3.8) is 0 Å². The van der Waals surface area contributed by atoms with Crippen LogP contribution in [0.5, 0.6) is 0 Å². The molecule has 7 heteroatoms. The minimum atomic E-state index is -3.11. The van der Waals surface area contributed by atoms with Gasteiger partial charge in [0, 0.05) is 26.2 Å². The van der Waals surface area contributed by atoms with Gasteiger partial charge in [-0.15, -0.1) is 0 Å². The van der Waals surface area contributed by atoms with Crippen molar-refractivity contribution >= 4 is 10.0 Å². The lowest BCUT2D eigenvalue weighted by Crippen LogP contribution is -2.41. The summed E-state index contributed by atoms with van der Waals surface area (Å²) in [5.41, 5.74) is 0. The van der Waals surface area contributed by atoms with E-state index in [-0.39, 0.29) is 5.75 Å². The van der Waals surface area contributed by atoms with Crippen LogP contribution in [0.1, 0.15) is 19.8 Å². The lowest BCUT2D eigenvalue weighted by atomic mass is 10.3. The number of unbranched alkanes of at least 4 members (excludes halogenated alkanes) is 1. The van der Waals surface area contributed by atoms with E-state index in [1.54, 1.807) is 0 Å². The Balaban J connectivity index is 2.05. The number of hydrogen-bond donors (Lipinski definition) is 2. The number of ether oxygens (including phenoxy) is 1. The van der Waals surface area contributed by atoms with Gasteiger partial charge in [0.25, 0.3) is 0 Å². The van der Waals surface area contributed by atoms with Crippen LogP contribution in [0.3, 0.4) is 0 Å². The predicted octanol–water partition coefficient (Wildman–Crippen LogP) is -0.372. The number of rotatable bonds is 10. The van der Waals surface area contributed by atoms with Crippen molar-refractivity contribution in [2.45, 2.75) is 19.8 Å². The van der Waals surface area contributed by atoms with Gasteiger partial charge in [-0.3, -0.25) is 4.90 Å². The van der Waals surface area contributed by atoms with Gasteiger partial charge < -0.3 is 10.1 Å². The zero-order chi connectivity index (χ0) is 14.0. The summed E-state index contributed by atoms with van der Waals surface area (Å²) >= 11 is 0. The molecule has 6 nitrogen and oxygen atoms in total. The highest BCUT2D eigenvalue weighted by Gasteiger charge is 2.12. The van der Waals surface area contributed by atoms with Crippen LogP contribution in [-0.4, -0.2) is 71.6 Å². The molecule has 2 N–H and O–H groups in total. The molecule has 0 aromatic heterocycles. The fraction of sp³-hybridized carbons (Fsp3) is 1.00. The van der Waals surface area contributed by atoms with E-state index in [9.17, 15) is 8.42 Å². The molecular formula is C12H27N3O3S. The molecule has 1 heterocycles. The van der Waals surface area contributed by atoms with Crippen molar-refractivity contribution in [2.75, 3.05) is 58.2 Å². The molecule has 0 aromatic carbocycles. The molecule has 0 amide bonds. The molecule has 114 valence electrons. The fourth-order valence-electron chi connectivity index (χ4n) is 1.98. The fourth-order valence-corrected chi connectivity index (χ4v) is 3.11. The van der Waals surface area contributed by atoms with Crippen molar-refractivity contribution in [3.05, 3.63) is 0 Å². The van der Waals surface area contributed by atoms with Crippen molar-refractivity contribution in [1.82, 2.24) is 14.9 Å². The van der Waals surface area contributed by atoms with Gasteiger partial charge in [-0.2, -0.15) is 0 Å². The van der Waals surface area contributed by atoms with Crippen LogP contribution in [0.25, 0.3) is 0 Å². The average Bonchev–Trinajstić information content (AvgIpc) is 2.39. The highest BCUT2D eigenvalue weighted by Crippen LogP contribution is 1.97. The van der Waals surface area contributed by atoms with Gasteiger partial charge in [0.2, 0.25) is 10.0 Å². The SMILES string of the molecule is CCNCCCCS(=O)(=O)NCCN1CCOCC1. The van der Waals surface area contributed by atoms with E-state index in [0.29, 0.717) is 13.0 Å². The minimum absolute atomic E-state index is 0.224. The summed E-state index contributed by atoms with van der Waals surface area (Å²) in [4.78, 5) is 2.22. The molecule has 0 unspecified atom stereocenters. The molecule has 1 aliphatic rings. The molecule has 0 radical (unpaired) electrons. The number of morpholine rings is 1. The lowest BCUT2D eigenvalue weighted by molar-refractivity contribution is 0.0390. The average molecular weight is 293 g/mol. The number of nitrogens with one attached hydrogen (secondary N) is 2. The number of hydrogen-bond acceptors (Lipinski definition) is 5. The van der Waals surface area contributed by atoms with E-state index >= 15 is 0 Å². The Morgan fingerprint density at radius 2 is 1.89 bits per heavy atom. The van der Waals surface area contributed by atoms with Gasteiger partial charge in [-0.05, 0) is 25.9 Å². The third-order valence-electron chi connectivity index (χ3n) is 3.12. The smallest absolute Gasteiger partial charge is 0.211 e. The molecule has 0 bridgehead atoms. The van der Waals surface area contributed by atoms with Gasteiger partial charge in [0.05, 0.1) is 19.0 Å². The van der Waals surface area contributed by atoms with E-state index in [2.05, 4.69) is 14.9 Å². The Labute approximate surface area is 116 Å². The van der Waals surface area contributed by atoms with Crippen LogP contribution in [0.4, 0.5) is 0 Å². The summed E-state index contributed by atoms with van der Waals surface area (Å²) in [7, 11) is -3.11. The first kappa shape index (κ1) is 16.8. The quantitative estimate of drug-likeness (QED) is 0.538.